The van der Waals surface area contributed by atoms with Crippen molar-refractivity contribution >= 4 is 0 Å². The van der Waals surface area contributed by atoms with Crippen LogP contribution in [0.25, 0.3) is 0 Å². The smallest absolute Gasteiger partial charge is 0.120 e. The number of aromatic hydroxyl groups is 2. The molecule has 1 saturated heterocycles. The van der Waals surface area contributed by atoms with Crippen LogP contribution in [-0.4, -0.2) is 41.3 Å². The summed E-state index contributed by atoms with van der Waals surface area (Å²) in [6, 6.07) is 4.55. The highest BCUT2D eigenvalue weighted by molar-refractivity contribution is 5.42. The van der Waals surface area contributed by atoms with Crippen LogP contribution in [0.2, 0.25) is 0 Å². The van der Waals surface area contributed by atoms with Gasteiger partial charge in [-0.05, 0) is 18.2 Å². The van der Waals surface area contributed by atoms with Gasteiger partial charge in [0, 0.05) is 31.7 Å². The Balaban J connectivity index is 2.27. The molecule has 1 atom stereocenters. The minimum absolute atomic E-state index is 0.0517. The number of phenolic OH excluding ortho intramolecular Hbond substituents is 2. The van der Waals surface area contributed by atoms with E-state index < -0.39 is 0 Å². The first-order valence-electron chi connectivity index (χ1n) is 5.81. The summed E-state index contributed by atoms with van der Waals surface area (Å²) in [4.78, 5) is 2.23. The minimum Gasteiger partial charge on any atom is -0.508 e. The molecule has 0 amide bonds. The monoisotopic (exact) mass is 234 g/mol. The van der Waals surface area contributed by atoms with Gasteiger partial charge in [0.25, 0.3) is 0 Å². The Kier molecular flexibility index (Phi) is 3.66. The topological polar surface area (TPSA) is 55.7 Å². The second-order valence-electron chi connectivity index (χ2n) is 4.21. The quantitative estimate of drug-likeness (QED) is 0.544. The number of nitrogens with zero attached hydrogens (tertiary/aromatic N) is 1. The van der Waals surface area contributed by atoms with Gasteiger partial charge >= 0.3 is 0 Å². The van der Waals surface area contributed by atoms with Gasteiger partial charge in [-0.25, -0.2) is 0 Å². The summed E-state index contributed by atoms with van der Waals surface area (Å²) < 4.78 is 0. The predicted octanol–water partition coefficient (Wildman–Crippen LogP) is 1.23. The molecule has 0 spiro atoms. The largest absolute Gasteiger partial charge is 0.508 e. The molecule has 0 unspecified atom stereocenters. The molecular formula is C13H18N2O2. The van der Waals surface area contributed by atoms with Gasteiger partial charge in [-0.3, -0.25) is 4.90 Å². The Hall–Kier alpha value is -1.52. The van der Waals surface area contributed by atoms with Crippen LogP contribution in [0.1, 0.15) is 11.6 Å². The van der Waals surface area contributed by atoms with Gasteiger partial charge in [-0.15, -0.1) is 6.58 Å². The van der Waals surface area contributed by atoms with Crippen LogP contribution in [-0.2, 0) is 0 Å². The Morgan fingerprint density at radius 3 is 2.65 bits per heavy atom. The highest BCUT2D eigenvalue weighted by Gasteiger charge is 2.22. The molecule has 1 aromatic rings. The van der Waals surface area contributed by atoms with Gasteiger partial charge in [0.15, 0.2) is 0 Å². The van der Waals surface area contributed by atoms with Gasteiger partial charge in [-0.2, -0.15) is 0 Å². The summed E-state index contributed by atoms with van der Waals surface area (Å²) in [5.74, 6) is 0.367. The van der Waals surface area contributed by atoms with Crippen molar-refractivity contribution < 1.29 is 10.2 Å². The van der Waals surface area contributed by atoms with Crippen molar-refractivity contribution in [3.63, 3.8) is 0 Å². The molecule has 4 heteroatoms. The van der Waals surface area contributed by atoms with Crippen molar-refractivity contribution in [3.05, 3.63) is 36.4 Å². The van der Waals surface area contributed by atoms with E-state index in [9.17, 15) is 10.2 Å². The number of hydrogen-bond donors (Lipinski definition) is 3. The van der Waals surface area contributed by atoms with Gasteiger partial charge in [-0.1, -0.05) is 6.08 Å². The Labute approximate surface area is 101 Å². The molecule has 1 heterocycles. The average Bonchev–Trinajstić information content (AvgIpc) is 2.36. The number of rotatable bonds is 3. The SMILES string of the molecule is C=C[C@@H](c1cc(O)ccc1O)N1CCNCC1. The van der Waals surface area contributed by atoms with Gasteiger partial charge < -0.3 is 15.5 Å². The van der Waals surface area contributed by atoms with Crippen molar-refractivity contribution in [2.24, 2.45) is 0 Å². The molecule has 0 bridgehead atoms. The number of piperazine rings is 1. The minimum atomic E-state index is -0.0517. The maximum atomic E-state index is 9.87. The van der Waals surface area contributed by atoms with E-state index in [1.165, 1.54) is 12.1 Å². The third-order valence-electron chi connectivity index (χ3n) is 3.10. The average molecular weight is 234 g/mol. The molecule has 1 aromatic carbocycles. The number of nitrogens with one attached hydrogen (secondary N) is 1. The molecule has 0 saturated carbocycles. The molecule has 1 aliphatic heterocycles. The molecule has 2 rings (SSSR count). The lowest BCUT2D eigenvalue weighted by Crippen LogP contribution is -2.44. The zero-order valence-corrected chi connectivity index (χ0v) is 9.76. The molecule has 0 aliphatic carbocycles. The van der Waals surface area contributed by atoms with Crippen molar-refractivity contribution in [3.8, 4) is 11.5 Å². The zero-order valence-electron chi connectivity index (χ0n) is 9.76. The van der Waals surface area contributed by atoms with Crippen LogP contribution in [0.15, 0.2) is 30.9 Å². The highest BCUT2D eigenvalue weighted by Crippen LogP contribution is 2.32. The van der Waals surface area contributed by atoms with Crippen molar-refractivity contribution in [1.82, 2.24) is 10.2 Å². The van der Waals surface area contributed by atoms with Crippen molar-refractivity contribution in [1.29, 1.82) is 0 Å². The second kappa shape index (κ2) is 5.21. The molecular weight excluding hydrogens is 216 g/mol. The van der Waals surface area contributed by atoms with E-state index in [-0.39, 0.29) is 17.5 Å². The number of benzene rings is 1. The fourth-order valence-electron chi connectivity index (χ4n) is 2.21. The van der Waals surface area contributed by atoms with E-state index >= 15 is 0 Å². The van der Waals surface area contributed by atoms with Crippen molar-refractivity contribution in [2.75, 3.05) is 26.2 Å². The molecule has 4 nitrogen and oxygen atoms in total. The summed E-state index contributed by atoms with van der Waals surface area (Å²) in [6.07, 6.45) is 1.81. The first-order chi connectivity index (χ1) is 8.22. The Morgan fingerprint density at radius 1 is 1.29 bits per heavy atom. The number of phenols is 2. The fourth-order valence-corrected chi connectivity index (χ4v) is 2.21. The molecule has 17 heavy (non-hydrogen) atoms. The highest BCUT2D eigenvalue weighted by atomic mass is 16.3. The van der Waals surface area contributed by atoms with Crippen LogP contribution in [0.5, 0.6) is 11.5 Å². The van der Waals surface area contributed by atoms with E-state index in [2.05, 4.69) is 16.8 Å². The normalized spacial score (nSPS) is 18.8. The van der Waals surface area contributed by atoms with E-state index in [0.29, 0.717) is 5.56 Å². The van der Waals surface area contributed by atoms with E-state index in [0.717, 1.165) is 26.2 Å². The molecule has 0 aromatic heterocycles. The fraction of sp³-hybridized carbons (Fsp3) is 0.385. The summed E-state index contributed by atoms with van der Waals surface area (Å²) in [7, 11) is 0. The van der Waals surface area contributed by atoms with Gasteiger partial charge in [0.05, 0.1) is 6.04 Å². The third-order valence-corrected chi connectivity index (χ3v) is 3.10. The lowest BCUT2D eigenvalue weighted by atomic mass is 10.0. The van der Waals surface area contributed by atoms with Crippen LogP contribution in [0.4, 0.5) is 0 Å². The van der Waals surface area contributed by atoms with E-state index in [1.807, 2.05) is 0 Å². The van der Waals surface area contributed by atoms with E-state index in [1.54, 1.807) is 12.1 Å². The summed E-state index contributed by atoms with van der Waals surface area (Å²) >= 11 is 0. The summed E-state index contributed by atoms with van der Waals surface area (Å²) in [5, 5.41) is 22.7. The second-order valence-corrected chi connectivity index (χ2v) is 4.21. The first-order valence-corrected chi connectivity index (χ1v) is 5.81. The Bertz CT molecular complexity index is 400. The van der Waals surface area contributed by atoms with Crippen LogP contribution >= 0.6 is 0 Å². The van der Waals surface area contributed by atoms with Gasteiger partial charge in [0.1, 0.15) is 11.5 Å². The first kappa shape index (κ1) is 12.0. The molecule has 0 radical (unpaired) electrons. The van der Waals surface area contributed by atoms with Crippen LogP contribution < -0.4 is 5.32 Å². The lowest BCUT2D eigenvalue weighted by molar-refractivity contribution is 0.200. The molecule has 1 aliphatic rings. The van der Waals surface area contributed by atoms with E-state index in [4.69, 9.17) is 0 Å². The third kappa shape index (κ3) is 2.60. The summed E-state index contributed by atoms with van der Waals surface area (Å²) in [6.45, 7) is 7.51. The van der Waals surface area contributed by atoms with Crippen molar-refractivity contribution in [2.45, 2.75) is 6.04 Å². The standard InChI is InChI=1S/C13H18N2O2/c1-2-12(15-7-5-14-6-8-15)11-9-10(16)3-4-13(11)17/h2-4,9,12,14,16-17H,1,5-8H2/t12-/m0/s1. The molecule has 3 N–H and O–H groups in total. The predicted molar refractivity (Wildman–Crippen MR) is 67.2 cm³/mol. The molecule has 92 valence electrons. The Morgan fingerprint density at radius 2 is 2.00 bits per heavy atom. The number of hydrogen-bond acceptors (Lipinski definition) is 4. The molecule has 1 fully saturated rings. The van der Waals surface area contributed by atoms with Crippen LogP contribution in [0, 0.1) is 0 Å². The lowest BCUT2D eigenvalue weighted by Gasteiger charge is -2.33. The maximum absolute atomic E-state index is 9.87. The van der Waals surface area contributed by atoms with Gasteiger partial charge in [0.2, 0.25) is 0 Å². The maximum Gasteiger partial charge on any atom is 0.120 e. The van der Waals surface area contributed by atoms with Crippen LogP contribution in [0.3, 0.4) is 0 Å². The summed E-state index contributed by atoms with van der Waals surface area (Å²) in [5.41, 5.74) is 0.710. The zero-order chi connectivity index (χ0) is 12.3.